The molecule has 0 aliphatic heterocycles. The quantitative estimate of drug-likeness (QED) is 0.501. The van der Waals surface area contributed by atoms with Crippen LogP contribution >= 0.6 is 0 Å². The van der Waals surface area contributed by atoms with E-state index in [1.807, 2.05) is 60.7 Å². The Morgan fingerprint density at radius 2 is 1.44 bits per heavy atom. The lowest BCUT2D eigenvalue weighted by molar-refractivity contribution is -0.133. The molecule has 0 aliphatic rings. The van der Waals surface area contributed by atoms with E-state index in [9.17, 15) is 9.59 Å². The van der Waals surface area contributed by atoms with Gasteiger partial charge < -0.3 is 9.15 Å². The second-order valence-electron chi connectivity index (χ2n) is 6.09. The predicted molar refractivity (Wildman–Crippen MR) is 104 cm³/mol. The third-order valence-electron chi connectivity index (χ3n) is 4.20. The zero-order valence-corrected chi connectivity index (χ0v) is 14.4. The van der Waals surface area contributed by atoms with Crippen LogP contribution < -0.4 is 10.2 Å². The molecule has 0 N–H and O–H groups in total. The summed E-state index contributed by atoms with van der Waals surface area (Å²) in [5.41, 5.74) is 1.57. The minimum Gasteiger partial charge on any atom is -0.452 e. The molecule has 0 saturated heterocycles. The Bertz CT molecular complexity index is 1150. The summed E-state index contributed by atoms with van der Waals surface area (Å²) in [4.78, 5) is 25.4. The Labute approximate surface area is 155 Å². The SMILES string of the molecule is O=C(Cc1ccccc1)Oc1c(-c2ccccc2)oc2ccccc2c1=O. The molecule has 4 heteroatoms. The molecule has 0 fully saturated rings. The predicted octanol–water partition coefficient (Wildman–Crippen LogP) is 4.61. The van der Waals surface area contributed by atoms with E-state index >= 15 is 0 Å². The van der Waals surface area contributed by atoms with Crippen LogP contribution in [0.2, 0.25) is 0 Å². The highest BCUT2D eigenvalue weighted by molar-refractivity contribution is 5.84. The van der Waals surface area contributed by atoms with Crippen LogP contribution in [0.4, 0.5) is 0 Å². The summed E-state index contributed by atoms with van der Waals surface area (Å²) in [5.74, 6) is -0.345. The van der Waals surface area contributed by atoms with Crippen LogP contribution in [-0.2, 0) is 11.2 Å². The van der Waals surface area contributed by atoms with Crippen molar-refractivity contribution in [3.8, 4) is 17.1 Å². The highest BCUT2D eigenvalue weighted by atomic mass is 16.5. The van der Waals surface area contributed by atoms with Crippen molar-refractivity contribution in [2.45, 2.75) is 6.42 Å². The van der Waals surface area contributed by atoms with E-state index in [1.165, 1.54) is 0 Å². The van der Waals surface area contributed by atoms with Crippen molar-refractivity contribution in [3.63, 3.8) is 0 Å². The molecule has 0 unspecified atom stereocenters. The average molecular weight is 356 g/mol. The molecule has 4 nitrogen and oxygen atoms in total. The van der Waals surface area contributed by atoms with E-state index in [0.717, 1.165) is 5.56 Å². The normalized spacial score (nSPS) is 10.7. The van der Waals surface area contributed by atoms with E-state index in [-0.39, 0.29) is 23.4 Å². The first kappa shape index (κ1) is 16.8. The number of benzene rings is 3. The molecule has 1 heterocycles. The fraction of sp³-hybridized carbons (Fsp3) is 0.0435. The summed E-state index contributed by atoms with van der Waals surface area (Å²) in [5, 5.41) is 0.375. The molecule has 27 heavy (non-hydrogen) atoms. The number of fused-ring (bicyclic) bond motifs is 1. The first-order valence-corrected chi connectivity index (χ1v) is 8.58. The maximum absolute atomic E-state index is 13.0. The second kappa shape index (κ2) is 7.30. The van der Waals surface area contributed by atoms with Gasteiger partial charge in [0.1, 0.15) is 5.58 Å². The Kier molecular flexibility index (Phi) is 4.54. The summed E-state index contributed by atoms with van der Waals surface area (Å²) in [6, 6.07) is 25.3. The maximum atomic E-state index is 13.0. The van der Waals surface area contributed by atoms with Gasteiger partial charge in [0.05, 0.1) is 11.8 Å². The largest absolute Gasteiger partial charge is 0.452 e. The van der Waals surface area contributed by atoms with Crippen LogP contribution in [0.15, 0.2) is 94.1 Å². The van der Waals surface area contributed by atoms with Gasteiger partial charge >= 0.3 is 5.97 Å². The lowest BCUT2D eigenvalue weighted by Crippen LogP contribution is -2.17. The standard InChI is InChI=1S/C23H16O4/c24-20(15-16-9-3-1-4-10-16)27-23-21(25)18-13-7-8-14-19(18)26-22(23)17-11-5-2-6-12-17/h1-14H,15H2. The van der Waals surface area contributed by atoms with Crippen LogP contribution in [0, 0.1) is 0 Å². The molecule has 0 radical (unpaired) electrons. The monoisotopic (exact) mass is 356 g/mol. The zero-order chi connectivity index (χ0) is 18.6. The van der Waals surface area contributed by atoms with Crippen molar-refractivity contribution in [1.29, 1.82) is 0 Å². The Morgan fingerprint density at radius 1 is 0.815 bits per heavy atom. The third kappa shape index (κ3) is 3.51. The van der Waals surface area contributed by atoms with E-state index in [4.69, 9.17) is 9.15 Å². The molecule has 132 valence electrons. The van der Waals surface area contributed by atoms with Crippen molar-refractivity contribution in [1.82, 2.24) is 0 Å². The lowest BCUT2D eigenvalue weighted by atomic mass is 10.1. The number of ether oxygens (including phenoxy) is 1. The van der Waals surface area contributed by atoms with Crippen molar-refractivity contribution in [2.24, 2.45) is 0 Å². The van der Waals surface area contributed by atoms with Crippen LogP contribution in [0.1, 0.15) is 5.56 Å². The van der Waals surface area contributed by atoms with Gasteiger partial charge in [-0.25, -0.2) is 0 Å². The molecule has 0 spiro atoms. The Balaban J connectivity index is 1.79. The second-order valence-corrected chi connectivity index (χ2v) is 6.09. The van der Waals surface area contributed by atoms with Gasteiger partial charge in [0, 0.05) is 5.56 Å². The fourth-order valence-corrected chi connectivity index (χ4v) is 2.91. The van der Waals surface area contributed by atoms with Crippen molar-refractivity contribution in [3.05, 3.63) is 101 Å². The number of carbonyl (C=O) groups excluding carboxylic acids is 1. The van der Waals surface area contributed by atoms with Gasteiger partial charge in [-0.3, -0.25) is 9.59 Å². The first-order chi connectivity index (χ1) is 13.2. The molecule has 1 aromatic heterocycles. The van der Waals surface area contributed by atoms with Crippen molar-refractivity contribution < 1.29 is 13.9 Å². The van der Waals surface area contributed by atoms with Crippen LogP contribution in [0.25, 0.3) is 22.3 Å². The smallest absolute Gasteiger partial charge is 0.315 e. The lowest BCUT2D eigenvalue weighted by Gasteiger charge is -2.10. The number of hydrogen-bond donors (Lipinski definition) is 0. The summed E-state index contributed by atoms with van der Waals surface area (Å²) >= 11 is 0. The van der Waals surface area contributed by atoms with E-state index in [0.29, 0.717) is 16.5 Å². The fourth-order valence-electron chi connectivity index (χ4n) is 2.91. The van der Waals surface area contributed by atoms with Crippen LogP contribution in [0.3, 0.4) is 0 Å². The summed E-state index contributed by atoms with van der Waals surface area (Å²) in [7, 11) is 0. The van der Waals surface area contributed by atoms with Gasteiger partial charge in [-0.2, -0.15) is 0 Å². The average Bonchev–Trinajstić information content (AvgIpc) is 2.71. The number of hydrogen-bond acceptors (Lipinski definition) is 4. The first-order valence-electron chi connectivity index (χ1n) is 8.58. The Morgan fingerprint density at radius 3 is 2.19 bits per heavy atom. The Hall–Kier alpha value is -3.66. The maximum Gasteiger partial charge on any atom is 0.315 e. The molecule has 0 amide bonds. The molecule has 4 aromatic rings. The molecule has 0 saturated carbocycles. The molecule has 0 aliphatic carbocycles. The van der Waals surface area contributed by atoms with Gasteiger partial charge in [0.15, 0.2) is 5.76 Å². The van der Waals surface area contributed by atoms with Gasteiger partial charge in [0.25, 0.3) is 0 Å². The summed E-state index contributed by atoms with van der Waals surface area (Å²) in [6.45, 7) is 0. The van der Waals surface area contributed by atoms with Gasteiger partial charge in [-0.1, -0.05) is 72.8 Å². The molecule has 3 aromatic carbocycles. The van der Waals surface area contributed by atoms with Gasteiger partial charge in [-0.05, 0) is 17.7 Å². The highest BCUT2D eigenvalue weighted by Gasteiger charge is 2.20. The van der Waals surface area contributed by atoms with E-state index in [1.54, 1.807) is 24.3 Å². The number of esters is 1. The van der Waals surface area contributed by atoms with E-state index < -0.39 is 5.97 Å². The number of para-hydroxylation sites is 1. The minimum absolute atomic E-state index is 0.0708. The summed E-state index contributed by atoms with van der Waals surface area (Å²) < 4.78 is 11.4. The topological polar surface area (TPSA) is 56.5 Å². The van der Waals surface area contributed by atoms with E-state index in [2.05, 4.69) is 0 Å². The molecule has 4 rings (SSSR count). The molecule has 0 atom stereocenters. The highest BCUT2D eigenvalue weighted by Crippen LogP contribution is 2.30. The van der Waals surface area contributed by atoms with Crippen molar-refractivity contribution in [2.75, 3.05) is 0 Å². The van der Waals surface area contributed by atoms with Gasteiger partial charge in [0.2, 0.25) is 11.2 Å². The third-order valence-corrected chi connectivity index (χ3v) is 4.20. The number of rotatable bonds is 4. The van der Waals surface area contributed by atoms with Crippen LogP contribution in [0.5, 0.6) is 5.75 Å². The van der Waals surface area contributed by atoms with Crippen molar-refractivity contribution >= 4 is 16.9 Å². The minimum atomic E-state index is -0.513. The zero-order valence-electron chi connectivity index (χ0n) is 14.4. The number of carbonyl (C=O) groups is 1. The molecular weight excluding hydrogens is 340 g/mol. The molecule has 0 bridgehead atoms. The molecular formula is C23H16O4. The summed E-state index contributed by atoms with van der Waals surface area (Å²) in [6.07, 6.45) is 0.0708. The van der Waals surface area contributed by atoms with Gasteiger partial charge in [-0.15, -0.1) is 0 Å². The van der Waals surface area contributed by atoms with Crippen LogP contribution in [-0.4, -0.2) is 5.97 Å².